The van der Waals surface area contributed by atoms with Crippen LogP contribution < -0.4 is 5.32 Å². The van der Waals surface area contributed by atoms with Gasteiger partial charge in [0.1, 0.15) is 5.01 Å². The van der Waals surface area contributed by atoms with Crippen molar-refractivity contribution < 1.29 is 9.59 Å². The lowest BCUT2D eigenvalue weighted by atomic mass is 9.95. The number of hydrogen-bond acceptors (Lipinski definition) is 4. The first-order valence-corrected chi connectivity index (χ1v) is 7.65. The first kappa shape index (κ1) is 13.9. The normalized spacial score (nSPS) is 20.6. The Labute approximate surface area is 127 Å². The van der Waals surface area contributed by atoms with E-state index < -0.39 is 11.5 Å². The van der Waals surface area contributed by atoms with Gasteiger partial charge in [0.05, 0.1) is 11.2 Å². The van der Waals surface area contributed by atoms with Gasteiger partial charge in [-0.15, -0.1) is 11.3 Å². The summed E-state index contributed by atoms with van der Waals surface area (Å²) < 4.78 is 0. The van der Waals surface area contributed by atoms with Crippen LogP contribution in [0.4, 0.5) is 0 Å². The molecule has 1 amide bonds. The number of aromatic nitrogens is 1. The summed E-state index contributed by atoms with van der Waals surface area (Å²) in [5.41, 5.74) is 2.17. The zero-order valence-electron chi connectivity index (χ0n) is 12.1. The summed E-state index contributed by atoms with van der Waals surface area (Å²) in [6, 6.07) is 8.03. The number of ketones is 1. The quantitative estimate of drug-likeness (QED) is 0.868. The maximum absolute atomic E-state index is 12.3. The maximum Gasteiger partial charge on any atom is 0.238 e. The monoisotopic (exact) mass is 300 g/mol. The van der Waals surface area contributed by atoms with E-state index in [0.717, 1.165) is 11.3 Å². The number of rotatable bonds is 2. The van der Waals surface area contributed by atoms with Gasteiger partial charge in [-0.1, -0.05) is 29.8 Å². The third kappa shape index (κ3) is 2.38. The maximum atomic E-state index is 12.3. The topological polar surface area (TPSA) is 59.1 Å². The molecule has 4 nitrogen and oxygen atoms in total. The van der Waals surface area contributed by atoms with Crippen molar-refractivity contribution in [1.82, 2.24) is 10.3 Å². The number of hydrogen-bond donors (Lipinski definition) is 1. The van der Waals surface area contributed by atoms with E-state index in [1.54, 1.807) is 13.8 Å². The van der Waals surface area contributed by atoms with Gasteiger partial charge in [0.2, 0.25) is 5.91 Å². The molecule has 1 aromatic carbocycles. The van der Waals surface area contributed by atoms with E-state index in [1.165, 1.54) is 16.9 Å². The Bertz CT molecular complexity index is 716. The molecule has 5 heteroatoms. The van der Waals surface area contributed by atoms with E-state index in [0.29, 0.717) is 5.01 Å². The molecule has 1 N–H and O–H groups in total. The fourth-order valence-electron chi connectivity index (χ4n) is 2.42. The van der Waals surface area contributed by atoms with E-state index >= 15 is 0 Å². The van der Waals surface area contributed by atoms with Gasteiger partial charge < -0.3 is 5.32 Å². The van der Waals surface area contributed by atoms with Gasteiger partial charge in [-0.2, -0.15) is 0 Å². The van der Waals surface area contributed by atoms with Crippen LogP contribution in [0.5, 0.6) is 0 Å². The predicted molar refractivity (Wildman–Crippen MR) is 82.3 cm³/mol. The average molecular weight is 300 g/mol. The van der Waals surface area contributed by atoms with Crippen LogP contribution in [0, 0.1) is 6.92 Å². The van der Waals surface area contributed by atoms with Crippen LogP contribution >= 0.6 is 11.3 Å². The van der Waals surface area contributed by atoms with Crippen LogP contribution in [0.2, 0.25) is 0 Å². The molecule has 1 atom stereocenters. The fraction of sp³-hybridized carbons (Fsp3) is 0.312. The Kier molecular flexibility index (Phi) is 3.17. The van der Waals surface area contributed by atoms with Gasteiger partial charge >= 0.3 is 0 Å². The Morgan fingerprint density at radius 3 is 2.43 bits per heavy atom. The molecule has 0 saturated carbocycles. The number of nitrogens with zero attached hydrogens (tertiary/aromatic N) is 1. The molecule has 2 aromatic rings. The van der Waals surface area contributed by atoms with Crippen molar-refractivity contribution in [3.8, 4) is 11.3 Å². The molecule has 0 bridgehead atoms. The lowest BCUT2D eigenvalue weighted by Gasteiger charge is -2.14. The summed E-state index contributed by atoms with van der Waals surface area (Å²) in [6.45, 7) is 5.48. The summed E-state index contributed by atoms with van der Waals surface area (Å²) in [5.74, 6) is -1.14. The minimum absolute atomic E-state index is 0.114. The highest BCUT2D eigenvalue weighted by molar-refractivity contribution is 7.10. The second-order valence-corrected chi connectivity index (χ2v) is 6.74. The number of thiazole rings is 1. The van der Waals surface area contributed by atoms with Crippen molar-refractivity contribution in [2.75, 3.05) is 0 Å². The molecule has 1 aliphatic heterocycles. The van der Waals surface area contributed by atoms with Gasteiger partial charge in [0.15, 0.2) is 11.7 Å². The third-order valence-electron chi connectivity index (χ3n) is 3.69. The van der Waals surface area contributed by atoms with Crippen molar-refractivity contribution in [2.45, 2.75) is 32.2 Å². The lowest BCUT2D eigenvalue weighted by Crippen LogP contribution is -2.39. The number of carbonyl (C=O) groups is 2. The van der Waals surface area contributed by atoms with Gasteiger partial charge in [0.25, 0.3) is 0 Å². The Hall–Kier alpha value is -2.01. The van der Waals surface area contributed by atoms with Crippen molar-refractivity contribution in [1.29, 1.82) is 0 Å². The number of amides is 1. The van der Waals surface area contributed by atoms with Crippen LogP contribution in [-0.4, -0.2) is 22.2 Å². The molecule has 1 unspecified atom stereocenters. The highest BCUT2D eigenvalue weighted by Gasteiger charge is 2.48. The van der Waals surface area contributed by atoms with E-state index in [1.807, 2.05) is 36.6 Å². The van der Waals surface area contributed by atoms with Crippen LogP contribution in [0.25, 0.3) is 11.3 Å². The van der Waals surface area contributed by atoms with Crippen LogP contribution in [0.15, 0.2) is 29.6 Å². The van der Waals surface area contributed by atoms with Crippen molar-refractivity contribution in [2.24, 2.45) is 0 Å². The van der Waals surface area contributed by atoms with Gasteiger partial charge in [-0.05, 0) is 20.8 Å². The molecule has 1 saturated heterocycles. The zero-order chi connectivity index (χ0) is 15.2. The molecule has 0 spiro atoms. The second-order valence-electron chi connectivity index (χ2n) is 5.85. The summed E-state index contributed by atoms with van der Waals surface area (Å²) in [6.07, 6.45) is 0. The molecule has 2 heterocycles. The molecule has 108 valence electrons. The van der Waals surface area contributed by atoms with Crippen LogP contribution in [0.1, 0.15) is 30.3 Å². The summed E-state index contributed by atoms with van der Waals surface area (Å²) in [7, 11) is 0. The SMILES string of the molecule is Cc1ccc(-c2csc(C3C(=O)NC(C)(C)C3=O)n2)cc1. The van der Waals surface area contributed by atoms with Gasteiger partial charge in [-0.3, -0.25) is 9.59 Å². The lowest BCUT2D eigenvalue weighted by molar-refractivity contribution is -0.125. The van der Waals surface area contributed by atoms with Crippen molar-refractivity contribution in [3.63, 3.8) is 0 Å². The Morgan fingerprint density at radius 1 is 1.19 bits per heavy atom. The van der Waals surface area contributed by atoms with E-state index in [4.69, 9.17) is 0 Å². The van der Waals surface area contributed by atoms with E-state index in [9.17, 15) is 9.59 Å². The summed E-state index contributed by atoms with van der Waals surface area (Å²) in [5, 5.41) is 5.19. The number of Topliss-reactive ketones (excluding diaryl/α,β-unsaturated/α-hetero) is 1. The third-order valence-corrected chi connectivity index (χ3v) is 4.60. The second kappa shape index (κ2) is 4.77. The number of benzene rings is 1. The fourth-order valence-corrected chi connectivity index (χ4v) is 3.35. The highest BCUT2D eigenvalue weighted by atomic mass is 32.1. The molecule has 21 heavy (non-hydrogen) atoms. The standard InChI is InChI=1S/C16H16N2O2S/c1-9-4-6-10(7-5-9)11-8-21-15(17-11)12-13(19)16(2,3)18-14(12)20/h4-8,12H,1-3H3,(H,18,20). The molecule has 1 fully saturated rings. The van der Waals surface area contributed by atoms with Crippen LogP contribution in [0.3, 0.4) is 0 Å². The molecular weight excluding hydrogens is 284 g/mol. The number of aryl methyl sites for hydroxylation is 1. The van der Waals surface area contributed by atoms with E-state index in [2.05, 4.69) is 10.3 Å². The molecule has 0 radical (unpaired) electrons. The highest BCUT2D eigenvalue weighted by Crippen LogP contribution is 2.33. The molecule has 1 aromatic heterocycles. The molecule has 1 aliphatic rings. The first-order chi connectivity index (χ1) is 9.88. The number of nitrogens with one attached hydrogen (secondary N) is 1. The summed E-state index contributed by atoms with van der Waals surface area (Å²) >= 11 is 1.36. The molecule has 3 rings (SSSR count). The minimum atomic E-state index is -0.808. The summed E-state index contributed by atoms with van der Waals surface area (Å²) in [4.78, 5) is 28.8. The average Bonchev–Trinajstić information content (AvgIpc) is 2.95. The minimum Gasteiger partial charge on any atom is -0.343 e. The van der Waals surface area contributed by atoms with E-state index in [-0.39, 0.29) is 11.7 Å². The predicted octanol–water partition coefficient (Wildman–Crippen LogP) is 2.68. The van der Waals surface area contributed by atoms with Gasteiger partial charge in [-0.25, -0.2) is 4.98 Å². The first-order valence-electron chi connectivity index (χ1n) is 6.77. The van der Waals surface area contributed by atoms with Crippen molar-refractivity contribution in [3.05, 3.63) is 40.2 Å². The largest absolute Gasteiger partial charge is 0.343 e. The number of carbonyl (C=O) groups excluding carboxylic acids is 2. The van der Waals surface area contributed by atoms with Crippen molar-refractivity contribution >= 4 is 23.0 Å². The Morgan fingerprint density at radius 2 is 1.86 bits per heavy atom. The van der Waals surface area contributed by atoms with Gasteiger partial charge in [0, 0.05) is 10.9 Å². The zero-order valence-corrected chi connectivity index (χ0v) is 13.0. The van der Waals surface area contributed by atoms with Crippen LogP contribution in [-0.2, 0) is 9.59 Å². The molecular formula is C16H16N2O2S. The molecule has 0 aliphatic carbocycles. The smallest absolute Gasteiger partial charge is 0.238 e. The Balaban J connectivity index is 1.94.